The molecule has 1 aromatic carbocycles. The molecule has 0 spiro atoms. The van der Waals surface area contributed by atoms with E-state index in [0.29, 0.717) is 16.9 Å². The number of benzene rings is 1. The van der Waals surface area contributed by atoms with Gasteiger partial charge >= 0.3 is 0 Å². The zero-order chi connectivity index (χ0) is 13.4. The average molecular weight is 245 g/mol. The minimum absolute atomic E-state index is 0.481. The average Bonchev–Trinajstić information content (AvgIpc) is 2.73. The molecule has 0 amide bonds. The van der Waals surface area contributed by atoms with Gasteiger partial charge in [0.15, 0.2) is 0 Å². The Balaban J connectivity index is 1.94. The summed E-state index contributed by atoms with van der Waals surface area (Å²) < 4.78 is 0. The highest BCUT2D eigenvalue weighted by molar-refractivity contribution is 5.19. The van der Waals surface area contributed by atoms with Crippen LogP contribution in [0.15, 0.2) is 30.3 Å². The van der Waals surface area contributed by atoms with Gasteiger partial charge in [-0.2, -0.15) is 0 Å². The SMILES string of the molecule is CCC(NCC1C(C)(C)C1(C)C)c1ccccc1. The molecule has 18 heavy (non-hydrogen) atoms. The summed E-state index contributed by atoms with van der Waals surface area (Å²) in [5, 5.41) is 3.76. The van der Waals surface area contributed by atoms with Crippen LogP contribution in [0.2, 0.25) is 0 Å². The highest BCUT2D eigenvalue weighted by atomic mass is 14.9. The fraction of sp³-hybridized carbons (Fsp3) is 0.647. The van der Waals surface area contributed by atoms with Crippen LogP contribution in [0.3, 0.4) is 0 Å². The van der Waals surface area contributed by atoms with Gasteiger partial charge < -0.3 is 5.32 Å². The van der Waals surface area contributed by atoms with E-state index in [2.05, 4.69) is 70.3 Å². The summed E-state index contributed by atoms with van der Waals surface area (Å²) in [5.74, 6) is 0.794. The van der Waals surface area contributed by atoms with Gasteiger partial charge in [0, 0.05) is 6.04 Å². The molecule has 0 radical (unpaired) electrons. The van der Waals surface area contributed by atoms with Crippen LogP contribution in [0.4, 0.5) is 0 Å². The molecule has 0 heterocycles. The maximum absolute atomic E-state index is 3.76. The predicted molar refractivity (Wildman–Crippen MR) is 78.5 cm³/mol. The third-order valence-corrected chi connectivity index (χ3v) is 5.50. The molecule has 1 unspecified atom stereocenters. The van der Waals surface area contributed by atoms with Gasteiger partial charge in [0.05, 0.1) is 0 Å². The van der Waals surface area contributed by atoms with Gasteiger partial charge in [0.25, 0.3) is 0 Å². The van der Waals surface area contributed by atoms with Crippen molar-refractivity contribution < 1.29 is 0 Å². The lowest BCUT2D eigenvalue weighted by Gasteiger charge is -2.18. The first-order valence-electron chi connectivity index (χ1n) is 7.19. The van der Waals surface area contributed by atoms with E-state index in [4.69, 9.17) is 0 Å². The largest absolute Gasteiger partial charge is 0.310 e. The second-order valence-corrected chi connectivity index (χ2v) is 6.78. The molecular formula is C17H27N. The first kappa shape index (κ1) is 13.6. The minimum atomic E-state index is 0.481. The van der Waals surface area contributed by atoms with Crippen LogP contribution in [-0.4, -0.2) is 6.54 Å². The maximum atomic E-state index is 3.76. The molecule has 1 atom stereocenters. The van der Waals surface area contributed by atoms with Crippen molar-refractivity contribution in [1.29, 1.82) is 0 Å². The van der Waals surface area contributed by atoms with Crippen molar-refractivity contribution in [1.82, 2.24) is 5.32 Å². The molecule has 1 aliphatic carbocycles. The molecule has 0 saturated heterocycles. The van der Waals surface area contributed by atoms with E-state index in [1.807, 2.05) is 0 Å². The van der Waals surface area contributed by atoms with Crippen LogP contribution < -0.4 is 5.32 Å². The molecule has 1 saturated carbocycles. The zero-order valence-electron chi connectivity index (χ0n) is 12.5. The van der Waals surface area contributed by atoms with E-state index in [-0.39, 0.29) is 0 Å². The van der Waals surface area contributed by atoms with Crippen LogP contribution >= 0.6 is 0 Å². The highest BCUT2D eigenvalue weighted by Gasteiger charge is 2.63. The van der Waals surface area contributed by atoms with E-state index in [0.717, 1.165) is 18.9 Å². The minimum Gasteiger partial charge on any atom is -0.310 e. The quantitative estimate of drug-likeness (QED) is 0.810. The van der Waals surface area contributed by atoms with Crippen molar-refractivity contribution >= 4 is 0 Å². The van der Waals surface area contributed by atoms with Crippen LogP contribution in [0, 0.1) is 16.7 Å². The summed E-state index contributed by atoms with van der Waals surface area (Å²) in [6.07, 6.45) is 1.15. The van der Waals surface area contributed by atoms with E-state index in [1.54, 1.807) is 0 Å². The monoisotopic (exact) mass is 245 g/mol. The summed E-state index contributed by atoms with van der Waals surface area (Å²) in [6, 6.07) is 11.3. The van der Waals surface area contributed by atoms with Gasteiger partial charge in [-0.05, 0) is 35.3 Å². The van der Waals surface area contributed by atoms with E-state index in [9.17, 15) is 0 Å². The van der Waals surface area contributed by atoms with Crippen LogP contribution in [0.5, 0.6) is 0 Å². The van der Waals surface area contributed by atoms with E-state index < -0.39 is 0 Å². The second kappa shape index (κ2) is 4.70. The first-order chi connectivity index (χ1) is 8.41. The first-order valence-corrected chi connectivity index (χ1v) is 7.19. The van der Waals surface area contributed by atoms with Gasteiger partial charge in [-0.1, -0.05) is 65.0 Å². The smallest absolute Gasteiger partial charge is 0.0317 e. The zero-order valence-corrected chi connectivity index (χ0v) is 12.5. The third kappa shape index (κ3) is 2.21. The topological polar surface area (TPSA) is 12.0 Å². The standard InChI is InChI=1S/C17H27N/c1-6-14(13-10-8-7-9-11-13)18-12-15-16(2,3)17(15,4)5/h7-11,14-15,18H,6,12H2,1-5H3. The van der Waals surface area contributed by atoms with Gasteiger partial charge in [0.1, 0.15) is 0 Å². The molecule has 1 aromatic rings. The van der Waals surface area contributed by atoms with E-state index in [1.165, 1.54) is 5.56 Å². The van der Waals surface area contributed by atoms with Crippen LogP contribution in [0.1, 0.15) is 52.6 Å². The number of rotatable bonds is 5. The summed E-state index contributed by atoms with van der Waals surface area (Å²) in [6.45, 7) is 13.0. The Morgan fingerprint density at radius 3 is 2.06 bits per heavy atom. The lowest BCUT2D eigenvalue weighted by Crippen LogP contribution is -2.24. The number of hydrogen-bond acceptors (Lipinski definition) is 1. The Labute approximate surface area is 112 Å². The van der Waals surface area contributed by atoms with Crippen molar-refractivity contribution in [2.24, 2.45) is 16.7 Å². The van der Waals surface area contributed by atoms with Crippen LogP contribution in [-0.2, 0) is 0 Å². The molecule has 0 aliphatic heterocycles. The molecule has 1 heteroatoms. The molecule has 0 bridgehead atoms. The van der Waals surface area contributed by atoms with Crippen molar-refractivity contribution in [2.45, 2.75) is 47.1 Å². The van der Waals surface area contributed by atoms with Crippen molar-refractivity contribution in [3.63, 3.8) is 0 Å². The summed E-state index contributed by atoms with van der Waals surface area (Å²) in [5.41, 5.74) is 2.38. The van der Waals surface area contributed by atoms with Crippen LogP contribution in [0.25, 0.3) is 0 Å². The lowest BCUT2D eigenvalue weighted by molar-refractivity contribution is 0.457. The third-order valence-electron chi connectivity index (χ3n) is 5.50. The molecule has 0 aromatic heterocycles. The summed E-state index contributed by atoms with van der Waals surface area (Å²) in [7, 11) is 0. The Kier molecular flexibility index (Phi) is 3.55. The Morgan fingerprint density at radius 2 is 1.61 bits per heavy atom. The molecule has 1 N–H and O–H groups in total. The van der Waals surface area contributed by atoms with E-state index >= 15 is 0 Å². The summed E-state index contributed by atoms with van der Waals surface area (Å²) >= 11 is 0. The Bertz CT molecular complexity index is 377. The second-order valence-electron chi connectivity index (χ2n) is 6.78. The fourth-order valence-corrected chi connectivity index (χ4v) is 3.29. The normalized spacial score (nSPS) is 22.7. The Hall–Kier alpha value is -0.820. The van der Waals surface area contributed by atoms with Crippen molar-refractivity contribution in [3.8, 4) is 0 Å². The fourth-order valence-electron chi connectivity index (χ4n) is 3.29. The van der Waals surface area contributed by atoms with Gasteiger partial charge in [-0.3, -0.25) is 0 Å². The molecule has 100 valence electrons. The maximum Gasteiger partial charge on any atom is 0.0317 e. The molecule has 1 aliphatic rings. The van der Waals surface area contributed by atoms with Crippen molar-refractivity contribution in [3.05, 3.63) is 35.9 Å². The molecule has 2 rings (SSSR count). The number of hydrogen-bond donors (Lipinski definition) is 1. The summed E-state index contributed by atoms with van der Waals surface area (Å²) in [4.78, 5) is 0. The van der Waals surface area contributed by atoms with Gasteiger partial charge in [-0.15, -0.1) is 0 Å². The molecule has 1 nitrogen and oxygen atoms in total. The molecular weight excluding hydrogens is 218 g/mol. The lowest BCUT2D eigenvalue weighted by atomic mass is 10.0. The molecule has 1 fully saturated rings. The van der Waals surface area contributed by atoms with Gasteiger partial charge in [-0.25, -0.2) is 0 Å². The Morgan fingerprint density at radius 1 is 1.06 bits per heavy atom. The van der Waals surface area contributed by atoms with Crippen molar-refractivity contribution in [2.75, 3.05) is 6.54 Å². The highest BCUT2D eigenvalue weighted by Crippen LogP contribution is 2.68. The number of nitrogens with one attached hydrogen (secondary N) is 1. The predicted octanol–water partition coefficient (Wildman–Crippen LogP) is 4.41. The van der Waals surface area contributed by atoms with Gasteiger partial charge in [0.2, 0.25) is 0 Å².